The van der Waals surface area contributed by atoms with Crippen LogP contribution in [0.4, 0.5) is 0 Å². The Bertz CT molecular complexity index is 366. The van der Waals surface area contributed by atoms with Gasteiger partial charge in [-0.25, -0.2) is 9.97 Å². The first-order chi connectivity index (χ1) is 6.16. The summed E-state index contributed by atoms with van der Waals surface area (Å²) in [5.74, 6) is 0.0501. The molecule has 0 radical (unpaired) electrons. The van der Waals surface area contributed by atoms with E-state index in [2.05, 4.69) is 9.97 Å². The zero-order valence-corrected chi connectivity index (χ0v) is 7.88. The third-order valence-corrected chi connectivity index (χ3v) is 2.25. The molecule has 0 saturated carbocycles. The van der Waals surface area contributed by atoms with Crippen LogP contribution in [0.1, 0.15) is 18.2 Å². The Balaban J connectivity index is 2.30. The van der Waals surface area contributed by atoms with E-state index in [0.717, 1.165) is 11.3 Å². The van der Waals surface area contributed by atoms with Crippen molar-refractivity contribution in [1.82, 2.24) is 14.9 Å². The highest BCUT2D eigenvalue weighted by Crippen LogP contribution is 2.20. The lowest BCUT2D eigenvalue weighted by molar-refractivity contribution is -0.129. The zero-order valence-electron chi connectivity index (χ0n) is 7.12. The molecule has 13 heavy (non-hydrogen) atoms. The molecule has 2 rings (SSSR count). The van der Waals surface area contributed by atoms with Crippen LogP contribution in [0.25, 0.3) is 0 Å². The van der Waals surface area contributed by atoms with Gasteiger partial charge in [0.1, 0.15) is 0 Å². The van der Waals surface area contributed by atoms with E-state index in [1.807, 2.05) is 0 Å². The van der Waals surface area contributed by atoms with Crippen molar-refractivity contribution < 1.29 is 4.79 Å². The smallest absolute Gasteiger partial charge is 0.222 e. The number of carbonyl (C=O) groups excluding carboxylic acids is 1. The number of hydrogen-bond donors (Lipinski definition) is 0. The molecular weight excluding hydrogens is 190 g/mol. The molecule has 1 aliphatic heterocycles. The first-order valence-corrected chi connectivity index (χ1v) is 4.30. The Labute approximate surface area is 80.5 Å². The molecule has 0 fully saturated rings. The summed E-state index contributed by atoms with van der Waals surface area (Å²) in [6.45, 7) is 2.69. The van der Waals surface area contributed by atoms with Crippen molar-refractivity contribution in [1.29, 1.82) is 0 Å². The molecule has 0 spiro atoms. The average molecular weight is 198 g/mol. The maximum atomic E-state index is 11.0. The van der Waals surface area contributed by atoms with Crippen LogP contribution in [0.15, 0.2) is 6.20 Å². The van der Waals surface area contributed by atoms with Crippen molar-refractivity contribution >= 4 is 17.5 Å². The standard InChI is InChI=1S/C8H8ClN3O/c1-5(13)12-3-6-2-10-8(9)11-7(6)4-12/h2H,3-4H2,1H3. The minimum absolute atomic E-state index is 0.0501. The quantitative estimate of drug-likeness (QED) is 0.583. The molecule has 0 aliphatic carbocycles. The van der Waals surface area contributed by atoms with Crippen LogP contribution in [0.3, 0.4) is 0 Å². The largest absolute Gasteiger partial charge is 0.333 e. The van der Waals surface area contributed by atoms with Gasteiger partial charge in [-0.1, -0.05) is 0 Å². The first kappa shape index (κ1) is 8.44. The van der Waals surface area contributed by atoms with E-state index in [0.29, 0.717) is 13.1 Å². The molecule has 68 valence electrons. The van der Waals surface area contributed by atoms with Crippen LogP contribution in [0.2, 0.25) is 5.28 Å². The number of hydrogen-bond acceptors (Lipinski definition) is 3. The van der Waals surface area contributed by atoms with Crippen LogP contribution < -0.4 is 0 Å². The predicted molar refractivity (Wildman–Crippen MR) is 47.0 cm³/mol. The maximum absolute atomic E-state index is 11.0. The van der Waals surface area contributed by atoms with E-state index in [-0.39, 0.29) is 11.2 Å². The second-order valence-electron chi connectivity index (χ2n) is 2.99. The van der Waals surface area contributed by atoms with E-state index in [4.69, 9.17) is 11.6 Å². The minimum Gasteiger partial charge on any atom is -0.333 e. The summed E-state index contributed by atoms with van der Waals surface area (Å²) < 4.78 is 0. The molecule has 1 amide bonds. The Hall–Kier alpha value is -1.16. The van der Waals surface area contributed by atoms with E-state index >= 15 is 0 Å². The fourth-order valence-corrected chi connectivity index (χ4v) is 1.50. The van der Waals surface area contributed by atoms with Gasteiger partial charge in [0.05, 0.1) is 12.2 Å². The summed E-state index contributed by atoms with van der Waals surface area (Å²) in [7, 11) is 0. The molecule has 0 N–H and O–H groups in total. The van der Waals surface area contributed by atoms with Gasteiger partial charge in [-0.15, -0.1) is 0 Å². The Morgan fingerprint density at radius 3 is 3.08 bits per heavy atom. The fraction of sp³-hybridized carbons (Fsp3) is 0.375. The molecule has 0 aromatic carbocycles. The van der Waals surface area contributed by atoms with Crippen molar-refractivity contribution in [3.8, 4) is 0 Å². The molecule has 1 aromatic heterocycles. The van der Waals surface area contributed by atoms with Gasteiger partial charge in [0.15, 0.2) is 0 Å². The maximum Gasteiger partial charge on any atom is 0.222 e. The van der Waals surface area contributed by atoms with E-state index in [1.54, 1.807) is 18.0 Å². The molecule has 1 aromatic rings. The molecule has 0 saturated heterocycles. The normalized spacial score (nSPS) is 14.5. The summed E-state index contributed by atoms with van der Waals surface area (Å²) in [6.07, 6.45) is 1.67. The number of rotatable bonds is 0. The van der Waals surface area contributed by atoms with Gasteiger partial charge in [0, 0.05) is 25.2 Å². The van der Waals surface area contributed by atoms with Gasteiger partial charge < -0.3 is 4.90 Å². The van der Waals surface area contributed by atoms with Gasteiger partial charge in [-0.05, 0) is 11.6 Å². The number of amides is 1. The summed E-state index contributed by atoms with van der Waals surface area (Å²) in [4.78, 5) is 20.7. The van der Waals surface area contributed by atoms with Crippen molar-refractivity contribution in [3.63, 3.8) is 0 Å². The fourth-order valence-electron chi connectivity index (χ4n) is 1.35. The third-order valence-electron chi connectivity index (χ3n) is 2.07. The van der Waals surface area contributed by atoms with Crippen LogP contribution in [-0.4, -0.2) is 20.8 Å². The lowest BCUT2D eigenvalue weighted by atomic mass is 10.3. The highest BCUT2D eigenvalue weighted by atomic mass is 35.5. The Kier molecular flexibility index (Phi) is 1.92. The van der Waals surface area contributed by atoms with Crippen molar-refractivity contribution in [2.24, 2.45) is 0 Å². The minimum atomic E-state index is 0.0501. The molecule has 0 atom stereocenters. The summed E-state index contributed by atoms with van der Waals surface area (Å²) in [5, 5.41) is 0.240. The predicted octanol–water partition coefficient (Wildman–Crippen LogP) is 0.992. The lowest BCUT2D eigenvalue weighted by Crippen LogP contribution is -2.21. The van der Waals surface area contributed by atoms with Gasteiger partial charge in [0.2, 0.25) is 11.2 Å². The number of halogens is 1. The lowest BCUT2D eigenvalue weighted by Gasteiger charge is -2.10. The van der Waals surface area contributed by atoms with Crippen LogP contribution in [-0.2, 0) is 17.9 Å². The van der Waals surface area contributed by atoms with Crippen molar-refractivity contribution in [2.75, 3.05) is 0 Å². The highest BCUT2D eigenvalue weighted by molar-refractivity contribution is 6.28. The summed E-state index contributed by atoms with van der Waals surface area (Å²) in [6, 6.07) is 0. The zero-order chi connectivity index (χ0) is 9.42. The van der Waals surface area contributed by atoms with Gasteiger partial charge in [0.25, 0.3) is 0 Å². The van der Waals surface area contributed by atoms with Crippen molar-refractivity contribution in [3.05, 3.63) is 22.7 Å². The van der Waals surface area contributed by atoms with E-state index < -0.39 is 0 Å². The van der Waals surface area contributed by atoms with Crippen LogP contribution in [0.5, 0.6) is 0 Å². The molecule has 2 heterocycles. The van der Waals surface area contributed by atoms with Crippen LogP contribution >= 0.6 is 11.6 Å². The second kappa shape index (κ2) is 2.96. The molecule has 0 unspecified atom stereocenters. The molecule has 1 aliphatic rings. The van der Waals surface area contributed by atoms with Gasteiger partial charge >= 0.3 is 0 Å². The Morgan fingerprint density at radius 1 is 1.62 bits per heavy atom. The Morgan fingerprint density at radius 2 is 2.38 bits per heavy atom. The molecular formula is C8H8ClN3O. The third kappa shape index (κ3) is 1.49. The highest BCUT2D eigenvalue weighted by Gasteiger charge is 2.22. The van der Waals surface area contributed by atoms with Crippen LogP contribution in [0, 0.1) is 0 Å². The van der Waals surface area contributed by atoms with Crippen molar-refractivity contribution in [2.45, 2.75) is 20.0 Å². The average Bonchev–Trinajstić information content (AvgIpc) is 2.46. The number of carbonyl (C=O) groups is 1. The number of fused-ring (bicyclic) bond motifs is 1. The summed E-state index contributed by atoms with van der Waals surface area (Å²) in [5.41, 5.74) is 1.84. The molecule has 5 heteroatoms. The monoisotopic (exact) mass is 197 g/mol. The van der Waals surface area contributed by atoms with Gasteiger partial charge in [-0.3, -0.25) is 4.79 Å². The molecule has 4 nitrogen and oxygen atoms in total. The van der Waals surface area contributed by atoms with Gasteiger partial charge in [-0.2, -0.15) is 0 Å². The molecule has 0 bridgehead atoms. The number of nitrogens with zero attached hydrogens (tertiary/aromatic N) is 3. The second-order valence-corrected chi connectivity index (χ2v) is 3.32. The summed E-state index contributed by atoms with van der Waals surface area (Å²) >= 11 is 5.62. The first-order valence-electron chi connectivity index (χ1n) is 3.92. The SMILES string of the molecule is CC(=O)N1Cc2cnc(Cl)nc2C1. The number of aromatic nitrogens is 2. The van der Waals surface area contributed by atoms with E-state index in [9.17, 15) is 4.79 Å². The topological polar surface area (TPSA) is 46.1 Å². The van der Waals surface area contributed by atoms with E-state index in [1.165, 1.54) is 0 Å².